The normalized spacial score (nSPS) is 11.0. The van der Waals surface area contributed by atoms with E-state index in [4.69, 9.17) is 0 Å². The van der Waals surface area contributed by atoms with E-state index in [9.17, 15) is 0 Å². The van der Waals surface area contributed by atoms with Gasteiger partial charge in [0, 0.05) is 25.2 Å². The zero-order chi connectivity index (χ0) is 7.11. The van der Waals surface area contributed by atoms with Crippen molar-refractivity contribution in [3.8, 4) is 0 Å². The molecular weight excluding hydrogens is 112 g/mol. The predicted octanol–water partition coefficient (Wildman–Crippen LogP) is 1.68. The Hall–Kier alpha value is -0.920. The molecule has 0 aliphatic rings. The van der Waals surface area contributed by atoms with E-state index in [-0.39, 0.29) is 0 Å². The zero-order valence-corrected chi connectivity index (χ0v) is 6.13. The van der Waals surface area contributed by atoms with Gasteiger partial charge in [-0.15, -0.1) is 0 Å². The lowest BCUT2D eigenvalue weighted by Gasteiger charge is -1.79. The lowest BCUT2D eigenvalue weighted by Crippen LogP contribution is -1.75. The van der Waals surface area contributed by atoms with Gasteiger partial charge in [0.1, 0.15) is 0 Å². The number of hydrogen-bond donors (Lipinski definition) is 0. The summed E-state index contributed by atoms with van der Waals surface area (Å²) in [5, 5.41) is 0. The van der Waals surface area contributed by atoms with Gasteiger partial charge >= 0.3 is 0 Å². The van der Waals surface area contributed by atoms with Crippen LogP contribution in [0.3, 0.4) is 0 Å². The second-order valence-electron chi connectivity index (χ2n) is 1.83. The van der Waals surface area contributed by atoms with Gasteiger partial charge in [0.25, 0.3) is 0 Å². The molecular formula is C7H12N2. The van der Waals surface area contributed by atoms with Crippen LogP contribution >= 0.6 is 0 Å². The third-order valence-electron chi connectivity index (χ3n) is 0.654. The molecule has 0 spiro atoms. The fraction of sp³-hybridized carbons (Fsp3) is 0.429. The van der Waals surface area contributed by atoms with Crippen LogP contribution in [-0.4, -0.2) is 19.0 Å². The van der Waals surface area contributed by atoms with Gasteiger partial charge in [-0.1, -0.05) is 0 Å². The van der Waals surface area contributed by atoms with Crippen molar-refractivity contribution in [3.05, 3.63) is 12.3 Å². The molecule has 0 bridgehead atoms. The number of aliphatic imine (C=N–C) groups is 2. The Kier molecular flexibility index (Phi) is 4.69. The van der Waals surface area contributed by atoms with Crippen LogP contribution in [0.25, 0.3) is 0 Å². The van der Waals surface area contributed by atoms with Gasteiger partial charge in [-0.2, -0.15) is 0 Å². The van der Waals surface area contributed by atoms with Gasteiger partial charge in [-0.25, -0.2) is 0 Å². The minimum Gasteiger partial charge on any atom is -0.296 e. The molecule has 2 nitrogen and oxygen atoms in total. The molecule has 0 fully saturated rings. The quantitative estimate of drug-likeness (QED) is 0.500. The lowest BCUT2D eigenvalue weighted by molar-refractivity contribution is 1.46. The smallest absolute Gasteiger partial charge is 0.0282 e. The summed E-state index contributed by atoms with van der Waals surface area (Å²) in [5.74, 6) is 0. The number of hydrogen-bond acceptors (Lipinski definition) is 2. The van der Waals surface area contributed by atoms with E-state index in [1.807, 2.05) is 13.8 Å². The minimum absolute atomic E-state index is 1.05. The van der Waals surface area contributed by atoms with Crippen LogP contribution in [0.2, 0.25) is 0 Å². The molecule has 9 heavy (non-hydrogen) atoms. The molecule has 0 aliphatic carbocycles. The molecule has 0 saturated carbocycles. The van der Waals surface area contributed by atoms with E-state index >= 15 is 0 Å². The van der Waals surface area contributed by atoms with Crippen LogP contribution in [0.1, 0.15) is 13.8 Å². The molecule has 0 heterocycles. The van der Waals surface area contributed by atoms with Crippen LogP contribution in [0.15, 0.2) is 22.3 Å². The molecule has 0 aromatic rings. The van der Waals surface area contributed by atoms with Crippen LogP contribution in [0.4, 0.5) is 0 Å². The molecule has 0 aromatic heterocycles. The fourth-order valence-electron chi connectivity index (χ4n) is 0.317. The number of rotatable bonds is 2. The van der Waals surface area contributed by atoms with Crippen LogP contribution in [0, 0.1) is 0 Å². The Morgan fingerprint density at radius 2 is 2.00 bits per heavy atom. The maximum Gasteiger partial charge on any atom is 0.0282 e. The molecule has 0 amide bonds. The van der Waals surface area contributed by atoms with Gasteiger partial charge < -0.3 is 0 Å². The van der Waals surface area contributed by atoms with E-state index < -0.39 is 0 Å². The van der Waals surface area contributed by atoms with Gasteiger partial charge in [-0.05, 0) is 19.9 Å². The van der Waals surface area contributed by atoms with E-state index in [0.717, 1.165) is 5.71 Å². The Bertz CT molecular complexity index is 139. The molecule has 0 unspecified atom stereocenters. The van der Waals surface area contributed by atoms with Crippen molar-refractivity contribution in [2.75, 3.05) is 7.05 Å². The average Bonchev–Trinajstić information content (AvgIpc) is 1.80. The summed E-state index contributed by atoms with van der Waals surface area (Å²) >= 11 is 0. The van der Waals surface area contributed by atoms with Crippen LogP contribution in [0.5, 0.6) is 0 Å². The lowest BCUT2D eigenvalue weighted by atomic mass is 10.5. The third kappa shape index (κ3) is 7.08. The molecule has 0 rings (SSSR count). The van der Waals surface area contributed by atoms with E-state index in [1.165, 1.54) is 0 Å². The molecule has 2 heteroatoms. The van der Waals surface area contributed by atoms with E-state index in [0.29, 0.717) is 0 Å². The first kappa shape index (κ1) is 8.08. The summed E-state index contributed by atoms with van der Waals surface area (Å²) in [7, 11) is 1.73. The topological polar surface area (TPSA) is 24.7 Å². The first-order valence-electron chi connectivity index (χ1n) is 2.85. The van der Waals surface area contributed by atoms with Crippen molar-refractivity contribution in [2.24, 2.45) is 9.98 Å². The summed E-state index contributed by atoms with van der Waals surface area (Å²) in [4.78, 5) is 7.76. The molecule has 0 saturated heterocycles. The van der Waals surface area contributed by atoms with Crippen molar-refractivity contribution >= 4 is 11.9 Å². The highest BCUT2D eigenvalue weighted by atomic mass is 14.7. The molecule has 0 radical (unpaired) electrons. The van der Waals surface area contributed by atoms with E-state index in [1.54, 1.807) is 25.5 Å². The first-order chi connectivity index (χ1) is 4.27. The van der Waals surface area contributed by atoms with Crippen molar-refractivity contribution < 1.29 is 0 Å². The molecule has 0 atom stereocenters. The van der Waals surface area contributed by atoms with Crippen molar-refractivity contribution in [1.82, 2.24) is 0 Å². The zero-order valence-electron chi connectivity index (χ0n) is 6.13. The van der Waals surface area contributed by atoms with Gasteiger partial charge in [0.2, 0.25) is 0 Å². The molecule has 0 aliphatic heterocycles. The maximum atomic E-state index is 4.01. The summed E-state index contributed by atoms with van der Waals surface area (Å²) < 4.78 is 0. The van der Waals surface area contributed by atoms with Crippen LogP contribution < -0.4 is 0 Å². The molecule has 0 N–H and O–H groups in total. The second kappa shape index (κ2) is 5.22. The number of nitrogens with zero attached hydrogens (tertiary/aromatic N) is 2. The Labute approximate surface area is 56.0 Å². The molecule has 0 aromatic carbocycles. The van der Waals surface area contributed by atoms with Gasteiger partial charge in [-0.3, -0.25) is 9.98 Å². The predicted molar refractivity (Wildman–Crippen MR) is 42.3 cm³/mol. The van der Waals surface area contributed by atoms with Gasteiger partial charge in [0.05, 0.1) is 0 Å². The largest absolute Gasteiger partial charge is 0.296 e. The highest BCUT2D eigenvalue weighted by Crippen LogP contribution is 1.76. The van der Waals surface area contributed by atoms with E-state index in [2.05, 4.69) is 9.98 Å². The Balaban J connectivity index is 3.60. The third-order valence-corrected chi connectivity index (χ3v) is 0.654. The average molecular weight is 124 g/mol. The standard InChI is InChI=1S/C7H12N2/c1-7(2)9-6-4-5-8-3/h4-6H,1-3H3/b6-4-,8-5+. The van der Waals surface area contributed by atoms with Gasteiger partial charge in [0.15, 0.2) is 0 Å². The van der Waals surface area contributed by atoms with Crippen LogP contribution in [-0.2, 0) is 0 Å². The highest BCUT2D eigenvalue weighted by molar-refractivity contribution is 5.80. The molecule has 50 valence electrons. The minimum atomic E-state index is 1.05. The monoisotopic (exact) mass is 124 g/mol. The first-order valence-corrected chi connectivity index (χ1v) is 2.85. The van der Waals surface area contributed by atoms with Crippen molar-refractivity contribution in [2.45, 2.75) is 13.8 Å². The maximum absolute atomic E-state index is 4.01. The summed E-state index contributed by atoms with van der Waals surface area (Å²) in [5.41, 5.74) is 1.05. The Morgan fingerprint density at radius 1 is 1.33 bits per heavy atom. The SMILES string of the molecule is C/N=C/C=C\N=C(C)C. The summed E-state index contributed by atoms with van der Waals surface area (Å²) in [6.45, 7) is 3.90. The number of allylic oxidation sites excluding steroid dienone is 1. The summed E-state index contributed by atoms with van der Waals surface area (Å²) in [6.07, 6.45) is 5.22. The summed E-state index contributed by atoms with van der Waals surface area (Å²) in [6, 6.07) is 0. The van der Waals surface area contributed by atoms with Crippen molar-refractivity contribution in [1.29, 1.82) is 0 Å². The highest BCUT2D eigenvalue weighted by Gasteiger charge is 1.68. The Morgan fingerprint density at radius 3 is 2.44 bits per heavy atom. The van der Waals surface area contributed by atoms with Crippen molar-refractivity contribution in [3.63, 3.8) is 0 Å². The fourth-order valence-corrected chi connectivity index (χ4v) is 0.317. The second-order valence-corrected chi connectivity index (χ2v) is 1.83.